The van der Waals surface area contributed by atoms with Crippen molar-refractivity contribution < 1.29 is 9.59 Å². The van der Waals surface area contributed by atoms with Gasteiger partial charge in [-0.15, -0.1) is 0 Å². The quantitative estimate of drug-likeness (QED) is 0.589. The van der Waals surface area contributed by atoms with Crippen LogP contribution in [0.3, 0.4) is 0 Å². The molecule has 8 heteroatoms. The van der Waals surface area contributed by atoms with Crippen molar-refractivity contribution in [2.24, 2.45) is 5.73 Å². The minimum Gasteiger partial charge on any atom is -0.368 e. The summed E-state index contributed by atoms with van der Waals surface area (Å²) in [5.74, 6) is -0.458. The first-order valence-electron chi connectivity index (χ1n) is 13.6. The largest absolute Gasteiger partial charge is 0.368 e. The van der Waals surface area contributed by atoms with Crippen molar-refractivity contribution in [2.45, 2.75) is 89.0 Å². The molecule has 3 saturated heterocycles. The Labute approximate surface area is 212 Å². The molecule has 4 atom stereocenters. The van der Waals surface area contributed by atoms with Gasteiger partial charge in [0.25, 0.3) is 11.5 Å². The standard InChI is InChI=1S/C28H39N5O3/c1-18(2)33-24-8-4-3-7-19(24)15-23(28(33)36)27(35)30-20-16-21-10-11-22(17-20)32(21)14-6-13-31-12-5-9-25(31)26(29)34/h3-4,7-8,15,18,20-22,25H,5-6,9-14,16-17H2,1-2H3,(H2,29,34)(H,30,35)/t20?,21-,22+,25-/m1/s1. The van der Waals surface area contributed by atoms with E-state index in [4.69, 9.17) is 5.73 Å². The summed E-state index contributed by atoms with van der Waals surface area (Å²) >= 11 is 0. The van der Waals surface area contributed by atoms with Crippen LogP contribution in [0.4, 0.5) is 0 Å². The van der Waals surface area contributed by atoms with Gasteiger partial charge in [-0.1, -0.05) is 18.2 Å². The van der Waals surface area contributed by atoms with Gasteiger partial charge < -0.3 is 15.6 Å². The molecule has 194 valence electrons. The molecule has 1 aromatic heterocycles. The SMILES string of the molecule is CC(C)n1c(=O)c(C(=O)NC2C[C@H]3CC[C@@H](C2)N3CCCN2CCC[C@@H]2C(N)=O)cc2ccccc21. The Kier molecular flexibility index (Phi) is 7.17. The van der Waals surface area contributed by atoms with Gasteiger partial charge in [-0.25, -0.2) is 0 Å². The van der Waals surface area contributed by atoms with E-state index in [9.17, 15) is 14.4 Å². The zero-order valence-electron chi connectivity index (χ0n) is 21.5. The monoisotopic (exact) mass is 493 g/mol. The van der Waals surface area contributed by atoms with Crippen LogP contribution in [0.15, 0.2) is 35.1 Å². The zero-order valence-corrected chi connectivity index (χ0v) is 21.5. The molecule has 0 radical (unpaired) electrons. The fraction of sp³-hybridized carbons (Fsp3) is 0.607. The van der Waals surface area contributed by atoms with E-state index in [0.29, 0.717) is 12.1 Å². The van der Waals surface area contributed by atoms with Crippen LogP contribution in [0.1, 0.15) is 75.2 Å². The molecule has 3 aliphatic heterocycles. The number of hydrogen-bond acceptors (Lipinski definition) is 5. The van der Waals surface area contributed by atoms with Crippen molar-refractivity contribution in [1.82, 2.24) is 19.7 Å². The molecule has 0 aliphatic carbocycles. The minimum atomic E-state index is -0.260. The molecule has 0 spiro atoms. The van der Waals surface area contributed by atoms with Gasteiger partial charge in [0.2, 0.25) is 5.91 Å². The number of aromatic nitrogens is 1. The van der Waals surface area contributed by atoms with Crippen molar-refractivity contribution in [3.63, 3.8) is 0 Å². The Morgan fingerprint density at radius 1 is 1.08 bits per heavy atom. The van der Waals surface area contributed by atoms with E-state index in [-0.39, 0.29) is 41.1 Å². The second-order valence-electron chi connectivity index (χ2n) is 11.1. The number of rotatable bonds is 8. The Balaban J connectivity index is 1.21. The molecule has 2 aromatic rings. The number of hydrogen-bond donors (Lipinski definition) is 2. The van der Waals surface area contributed by atoms with Gasteiger partial charge in [0, 0.05) is 30.7 Å². The molecular formula is C28H39N5O3. The normalized spacial score (nSPS) is 26.6. The number of pyridine rings is 1. The zero-order chi connectivity index (χ0) is 25.4. The highest BCUT2D eigenvalue weighted by molar-refractivity contribution is 5.97. The summed E-state index contributed by atoms with van der Waals surface area (Å²) in [4.78, 5) is 43.1. The number of amides is 2. The van der Waals surface area contributed by atoms with Crippen molar-refractivity contribution >= 4 is 22.7 Å². The third-order valence-corrected chi connectivity index (χ3v) is 8.48. The third-order valence-electron chi connectivity index (χ3n) is 8.48. The maximum absolute atomic E-state index is 13.3. The summed E-state index contributed by atoms with van der Waals surface area (Å²) in [5.41, 5.74) is 6.43. The molecule has 8 nitrogen and oxygen atoms in total. The van der Waals surface area contributed by atoms with Gasteiger partial charge in [-0.2, -0.15) is 0 Å². The molecule has 3 N–H and O–H groups in total. The van der Waals surface area contributed by atoms with Crippen LogP contribution in [-0.2, 0) is 4.79 Å². The Hall–Kier alpha value is -2.71. The van der Waals surface area contributed by atoms with Gasteiger partial charge >= 0.3 is 0 Å². The number of benzene rings is 1. The molecule has 36 heavy (non-hydrogen) atoms. The lowest BCUT2D eigenvalue weighted by molar-refractivity contribution is -0.122. The van der Waals surface area contributed by atoms with E-state index in [1.165, 1.54) is 0 Å². The number of nitrogens with zero attached hydrogens (tertiary/aromatic N) is 3. The first-order valence-corrected chi connectivity index (χ1v) is 13.6. The van der Waals surface area contributed by atoms with Crippen molar-refractivity contribution in [1.29, 1.82) is 0 Å². The molecule has 1 unspecified atom stereocenters. The topological polar surface area (TPSA) is 101 Å². The van der Waals surface area contributed by atoms with Crippen molar-refractivity contribution in [3.8, 4) is 0 Å². The Morgan fingerprint density at radius 2 is 1.81 bits per heavy atom. The van der Waals surface area contributed by atoms with Crippen LogP contribution in [0, 0.1) is 0 Å². The van der Waals surface area contributed by atoms with Gasteiger partial charge in [-0.3, -0.25) is 24.2 Å². The number of likely N-dealkylation sites (tertiary alicyclic amines) is 1. The minimum absolute atomic E-state index is 0.0342. The summed E-state index contributed by atoms with van der Waals surface area (Å²) < 4.78 is 1.72. The number of carbonyl (C=O) groups is 2. The van der Waals surface area contributed by atoms with Crippen LogP contribution in [0.25, 0.3) is 10.9 Å². The predicted octanol–water partition coefficient (Wildman–Crippen LogP) is 2.65. The van der Waals surface area contributed by atoms with E-state index in [1.807, 2.05) is 38.1 Å². The highest BCUT2D eigenvalue weighted by atomic mass is 16.2. The first kappa shape index (κ1) is 25.0. The summed E-state index contributed by atoms with van der Waals surface area (Å²) in [6.45, 7) is 6.83. The van der Waals surface area contributed by atoms with Gasteiger partial charge in [0.15, 0.2) is 0 Å². The summed E-state index contributed by atoms with van der Waals surface area (Å²) in [7, 11) is 0. The van der Waals surface area contributed by atoms with Crippen molar-refractivity contribution in [3.05, 3.63) is 46.2 Å². The van der Waals surface area contributed by atoms with E-state index in [0.717, 1.165) is 75.5 Å². The number of fused-ring (bicyclic) bond motifs is 3. The van der Waals surface area contributed by atoms with Crippen LogP contribution >= 0.6 is 0 Å². The molecule has 2 bridgehead atoms. The van der Waals surface area contributed by atoms with Crippen LogP contribution < -0.4 is 16.6 Å². The number of piperidine rings is 1. The average Bonchev–Trinajstić information content (AvgIpc) is 3.40. The summed E-state index contributed by atoms with van der Waals surface area (Å²) in [5, 5.41) is 4.11. The van der Waals surface area contributed by atoms with E-state index < -0.39 is 0 Å². The lowest BCUT2D eigenvalue weighted by Crippen LogP contribution is -2.51. The Bertz CT molecular complexity index is 1180. The molecule has 2 amide bonds. The molecule has 3 fully saturated rings. The van der Waals surface area contributed by atoms with Crippen LogP contribution in [-0.4, -0.2) is 70.0 Å². The van der Waals surface area contributed by atoms with E-state index in [1.54, 1.807) is 10.6 Å². The fourth-order valence-corrected chi connectivity index (χ4v) is 6.85. The smallest absolute Gasteiger partial charge is 0.264 e. The number of nitrogens with two attached hydrogens (primary N) is 1. The maximum Gasteiger partial charge on any atom is 0.264 e. The molecule has 3 aliphatic rings. The number of primary amides is 1. The number of para-hydroxylation sites is 1. The van der Waals surface area contributed by atoms with E-state index in [2.05, 4.69) is 15.1 Å². The average molecular weight is 494 g/mol. The van der Waals surface area contributed by atoms with E-state index >= 15 is 0 Å². The summed E-state index contributed by atoms with van der Waals surface area (Å²) in [6.07, 6.45) is 7.10. The van der Waals surface area contributed by atoms with Gasteiger partial charge in [0.1, 0.15) is 5.56 Å². The first-order chi connectivity index (χ1) is 17.3. The second kappa shape index (κ2) is 10.3. The van der Waals surface area contributed by atoms with Crippen molar-refractivity contribution in [2.75, 3.05) is 19.6 Å². The second-order valence-corrected chi connectivity index (χ2v) is 11.1. The predicted molar refractivity (Wildman–Crippen MR) is 141 cm³/mol. The highest BCUT2D eigenvalue weighted by Gasteiger charge is 2.41. The highest BCUT2D eigenvalue weighted by Crippen LogP contribution is 2.36. The maximum atomic E-state index is 13.3. The van der Waals surface area contributed by atoms with Crippen LogP contribution in [0.5, 0.6) is 0 Å². The lowest BCUT2D eigenvalue weighted by atomic mass is 9.96. The van der Waals surface area contributed by atoms with Gasteiger partial charge in [0.05, 0.1) is 11.6 Å². The molecule has 5 rings (SSSR count). The molecule has 1 aromatic carbocycles. The van der Waals surface area contributed by atoms with Crippen LogP contribution in [0.2, 0.25) is 0 Å². The molecule has 4 heterocycles. The number of nitrogens with one attached hydrogen (secondary N) is 1. The lowest BCUT2D eigenvalue weighted by Gasteiger charge is -2.39. The van der Waals surface area contributed by atoms with Gasteiger partial charge in [-0.05, 0) is 89.4 Å². The summed E-state index contributed by atoms with van der Waals surface area (Å²) in [6, 6.07) is 10.4. The fourth-order valence-electron chi connectivity index (χ4n) is 6.85. The molecular weight excluding hydrogens is 454 g/mol. The molecule has 0 saturated carbocycles. The Morgan fingerprint density at radius 3 is 2.50 bits per heavy atom. The number of carbonyl (C=O) groups excluding carboxylic acids is 2. The third kappa shape index (κ3) is 4.81.